The van der Waals surface area contributed by atoms with Gasteiger partial charge >= 0.3 is 0 Å². The first-order chi connectivity index (χ1) is 15.5. The van der Waals surface area contributed by atoms with Crippen molar-refractivity contribution in [2.24, 2.45) is 5.73 Å². The zero-order valence-corrected chi connectivity index (χ0v) is 18.3. The standard InChI is InChI=1S/C23H25ClN6O2/c24-19-10-13(17-12-27-23-16(17)2-1-9-26-23)11-20(29-19)28-14-3-5-15(6-4-14)30-18(22(25)32)7-8-21(30)31/h1-2,9-12,14-15,18H,3-8H2,(H2,25,32)(H,26,27)(H,28,29)/t14-,15-,18-/m1/s1. The van der Waals surface area contributed by atoms with Gasteiger partial charge in [0.05, 0.1) is 0 Å². The molecular formula is C23H25ClN6O2. The van der Waals surface area contributed by atoms with E-state index in [1.165, 1.54) is 0 Å². The van der Waals surface area contributed by atoms with Crippen LogP contribution in [0.15, 0.2) is 36.7 Å². The molecule has 0 radical (unpaired) electrons. The van der Waals surface area contributed by atoms with E-state index >= 15 is 0 Å². The summed E-state index contributed by atoms with van der Waals surface area (Å²) in [5, 5.41) is 4.96. The van der Waals surface area contributed by atoms with Gasteiger partial charge in [0, 0.05) is 41.8 Å². The average molecular weight is 453 g/mol. The molecule has 0 spiro atoms. The molecule has 0 aromatic carbocycles. The predicted octanol–water partition coefficient (Wildman–Crippen LogP) is 3.48. The van der Waals surface area contributed by atoms with Gasteiger partial charge in [0.25, 0.3) is 0 Å². The number of rotatable bonds is 5. The second-order valence-corrected chi connectivity index (χ2v) is 8.96. The van der Waals surface area contributed by atoms with Crippen molar-refractivity contribution in [3.05, 3.63) is 41.8 Å². The second-order valence-electron chi connectivity index (χ2n) is 8.57. The number of hydrogen-bond donors (Lipinski definition) is 3. The molecule has 4 heterocycles. The van der Waals surface area contributed by atoms with Gasteiger partial charge in [-0.15, -0.1) is 0 Å². The molecule has 1 aliphatic carbocycles. The lowest BCUT2D eigenvalue weighted by atomic mass is 9.89. The van der Waals surface area contributed by atoms with Crippen molar-refractivity contribution in [3.8, 4) is 11.1 Å². The van der Waals surface area contributed by atoms with Crippen molar-refractivity contribution in [1.82, 2.24) is 19.9 Å². The Morgan fingerprint density at radius 2 is 2.03 bits per heavy atom. The molecule has 1 atom stereocenters. The number of carbonyl (C=O) groups excluding carboxylic acids is 2. The lowest BCUT2D eigenvalue weighted by Crippen LogP contribution is -2.49. The Balaban J connectivity index is 1.29. The van der Waals surface area contributed by atoms with Gasteiger partial charge in [-0.2, -0.15) is 0 Å². The molecule has 3 aromatic heterocycles. The number of aromatic amines is 1. The minimum absolute atomic E-state index is 0.0413. The molecule has 2 amide bonds. The lowest BCUT2D eigenvalue weighted by molar-refractivity contribution is -0.137. The van der Waals surface area contributed by atoms with Gasteiger partial charge < -0.3 is 20.9 Å². The van der Waals surface area contributed by atoms with Crippen molar-refractivity contribution in [1.29, 1.82) is 0 Å². The summed E-state index contributed by atoms with van der Waals surface area (Å²) >= 11 is 6.34. The molecular weight excluding hydrogens is 428 g/mol. The Morgan fingerprint density at radius 1 is 1.22 bits per heavy atom. The summed E-state index contributed by atoms with van der Waals surface area (Å²) in [6.07, 6.45) is 8.03. The molecule has 0 bridgehead atoms. The van der Waals surface area contributed by atoms with Crippen molar-refractivity contribution in [2.75, 3.05) is 5.32 Å². The highest BCUT2D eigenvalue weighted by atomic mass is 35.5. The number of fused-ring (bicyclic) bond motifs is 1. The largest absolute Gasteiger partial charge is 0.368 e. The molecule has 9 heteroatoms. The van der Waals surface area contributed by atoms with Gasteiger partial charge in [0.15, 0.2) is 0 Å². The molecule has 2 fully saturated rings. The van der Waals surface area contributed by atoms with Crippen molar-refractivity contribution in [3.63, 3.8) is 0 Å². The Bertz CT molecular complexity index is 1170. The molecule has 1 aliphatic heterocycles. The Labute approximate surface area is 190 Å². The van der Waals surface area contributed by atoms with Crippen LogP contribution in [0, 0.1) is 0 Å². The number of pyridine rings is 2. The van der Waals surface area contributed by atoms with Crippen LogP contribution in [0.25, 0.3) is 22.2 Å². The van der Waals surface area contributed by atoms with Gasteiger partial charge in [-0.25, -0.2) is 9.97 Å². The summed E-state index contributed by atoms with van der Waals surface area (Å²) in [7, 11) is 0. The number of aromatic nitrogens is 3. The van der Waals surface area contributed by atoms with E-state index in [0.717, 1.165) is 53.7 Å². The number of likely N-dealkylation sites (tertiary alicyclic amines) is 1. The SMILES string of the molecule is NC(=O)[C@H]1CCC(=O)N1[C@H]1CC[C@H](Nc2cc(-c3c[nH]c4ncccc34)cc(Cl)n2)CC1. The molecule has 8 nitrogen and oxygen atoms in total. The minimum Gasteiger partial charge on any atom is -0.368 e. The third-order valence-electron chi connectivity index (χ3n) is 6.58. The summed E-state index contributed by atoms with van der Waals surface area (Å²) < 4.78 is 0. The molecule has 2 aliphatic rings. The highest BCUT2D eigenvalue weighted by Crippen LogP contribution is 2.33. The zero-order valence-electron chi connectivity index (χ0n) is 17.6. The molecule has 32 heavy (non-hydrogen) atoms. The molecule has 166 valence electrons. The van der Waals surface area contributed by atoms with Gasteiger partial charge in [0.1, 0.15) is 22.7 Å². The summed E-state index contributed by atoms with van der Waals surface area (Å²) in [5.74, 6) is 0.361. The Morgan fingerprint density at radius 3 is 2.81 bits per heavy atom. The van der Waals surface area contributed by atoms with Crippen LogP contribution in [0.1, 0.15) is 38.5 Å². The summed E-state index contributed by atoms with van der Waals surface area (Å²) in [5.41, 5.74) is 8.33. The lowest BCUT2D eigenvalue weighted by Gasteiger charge is -2.37. The van der Waals surface area contributed by atoms with E-state index in [2.05, 4.69) is 20.3 Å². The van der Waals surface area contributed by atoms with Crippen LogP contribution in [0.5, 0.6) is 0 Å². The number of anilines is 1. The highest BCUT2D eigenvalue weighted by molar-refractivity contribution is 6.29. The smallest absolute Gasteiger partial charge is 0.240 e. The average Bonchev–Trinajstić information content (AvgIpc) is 3.38. The second kappa shape index (κ2) is 8.43. The first-order valence-electron chi connectivity index (χ1n) is 11.0. The maximum atomic E-state index is 12.3. The first-order valence-corrected chi connectivity index (χ1v) is 11.3. The number of H-pyrrole nitrogens is 1. The first kappa shape index (κ1) is 20.8. The van der Waals surface area contributed by atoms with Crippen molar-refractivity contribution >= 4 is 40.3 Å². The third kappa shape index (κ3) is 3.90. The van der Waals surface area contributed by atoms with Gasteiger partial charge in [0.2, 0.25) is 11.8 Å². The van der Waals surface area contributed by atoms with Crippen LogP contribution in [0.4, 0.5) is 5.82 Å². The molecule has 3 aromatic rings. The van der Waals surface area contributed by atoms with E-state index in [4.69, 9.17) is 17.3 Å². The van der Waals surface area contributed by atoms with Gasteiger partial charge in [-0.1, -0.05) is 11.6 Å². The molecule has 1 saturated heterocycles. The fraction of sp³-hybridized carbons (Fsp3) is 0.391. The summed E-state index contributed by atoms with van der Waals surface area (Å²) in [4.78, 5) is 37.8. The quantitative estimate of drug-likeness (QED) is 0.512. The van der Waals surface area contributed by atoms with Gasteiger partial charge in [-0.05, 0) is 61.9 Å². The molecule has 5 rings (SSSR count). The fourth-order valence-electron chi connectivity index (χ4n) is 5.07. The van der Waals surface area contributed by atoms with E-state index in [1.54, 1.807) is 11.1 Å². The minimum atomic E-state index is -0.458. The normalized spacial score (nSPS) is 23.6. The Hall–Kier alpha value is -3.13. The molecule has 0 unspecified atom stereocenters. The van der Waals surface area contributed by atoms with E-state index < -0.39 is 11.9 Å². The number of carbonyl (C=O) groups is 2. The topological polar surface area (TPSA) is 117 Å². The number of nitrogens with one attached hydrogen (secondary N) is 2. The van der Waals surface area contributed by atoms with Crippen LogP contribution in [-0.2, 0) is 9.59 Å². The monoisotopic (exact) mass is 452 g/mol. The summed E-state index contributed by atoms with van der Waals surface area (Å²) in [6.45, 7) is 0. The van der Waals surface area contributed by atoms with Crippen LogP contribution in [0.3, 0.4) is 0 Å². The maximum Gasteiger partial charge on any atom is 0.240 e. The molecule has 1 saturated carbocycles. The fourth-order valence-corrected chi connectivity index (χ4v) is 5.28. The van der Waals surface area contributed by atoms with Gasteiger partial charge in [-0.3, -0.25) is 9.59 Å². The van der Waals surface area contributed by atoms with Crippen LogP contribution < -0.4 is 11.1 Å². The third-order valence-corrected chi connectivity index (χ3v) is 6.78. The van der Waals surface area contributed by atoms with Crippen molar-refractivity contribution in [2.45, 2.75) is 56.7 Å². The highest BCUT2D eigenvalue weighted by Gasteiger charge is 2.40. The Kier molecular flexibility index (Phi) is 5.46. The number of amides is 2. The van der Waals surface area contributed by atoms with Crippen molar-refractivity contribution < 1.29 is 9.59 Å². The van der Waals surface area contributed by atoms with E-state index in [9.17, 15) is 9.59 Å². The maximum absolute atomic E-state index is 12.3. The van der Waals surface area contributed by atoms with E-state index in [0.29, 0.717) is 18.0 Å². The number of nitrogens with zero attached hydrogens (tertiary/aromatic N) is 3. The number of primary amides is 1. The zero-order chi connectivity index (χ0) is 22.2. The van der Waals surface area contributed by atoms with E-state index in [1.807, 2.05) is 30.5 Å². The number of hydrogen-bond acceptors (Lipinski definition) is 5. The van der Waals surface area contributed by atoms with Crippen LogP contribution in [0.2, 0.25) is 5.15 Å². The summed E-state index contributed by atoms with van der Waals surface area (Å²) in [6, 6.07) is 7.62. The number of halogens is 1. The predicted molar refractivity (Wildman–Crippen MR) is 123 cm³/mol. The van der Waals surface area contributed by atoms with Crippen LogP contribution >= 0.6 is 11.6 Å². The molecule has 4 N–H and O–H groups in total. The van der Waals surface area contributed by atoms with Crippen LogP contribution in [-0.4, -0.2) is 49.8 Å². The van der Waals surface area contributed by atoms with E-state index in [-0.39, 0.29) is 18.0 Å². The number of nitrogens with two attached hydrogens (primary N) is 1.